The Morgan fingerprint density at radius 1 is 1.50 bits per heavy atom. The summed E-state index contributed by atoms with van der Waals surface area (Å²) in [6.45, 7) is 5.09. The maximum atomic E-state index is 14.7. The van der Waals surface area contributed by atoms with Gasteiger partial charge >= 0.3 is 0 Å². The number of ether oxygens (including phenoxy) is 1. The normalized spacial score (nSPS) is 45.0. The summed E-state index contributed by atoms with van der Waals surface area (Å²) >= 11 is 0. The van der Waals surface area contributed by atoms with Gasteiger partial charge in [-0.25, -0.2) is 4.39 Å². The fourth-order valence-corrected chi connectivity index (χ4v) is 2.74. The van der Waals surface area contributed by atoms with Gasteiger partial charge in [0, 0.05) is 25.0 Å². The van der Waals surface area contributed by atoms with Crippen molar-refractivity contribution in [3.63, 3.8) is 0 Å². The van der Waals surface area contributed by atoms with Crippen molar-refractivity contribution < 1.29 is 9.13 Å². The van der Waals surface area contributed by atoms with Crippen LogP contribution in [0, 0.1) is 11.8 Å². The molecular weight excluding hydrogens is 181 g/mol. The van der Waals surface area contributed by atoms with E-state index in [9.17, 15) is 4.39 Å². The molecule has 2 fully saturated rings. The molecule has 2 rings (SSSR count). The van der Waals surface area contributed by atoms with Crippen LogP contribution in [-0.4, -0.2) is 32.0 Å². The Balaban J connectivity index is 2.03. The van der Waals surface area contributed by atoms with Crippen molar-refractivity contribution >= 4 is 0 Å². The third-order valence-corrected chi connectivity index (χ3v) is 3.79. The average molecular weight is 201 g/mol. The lowest BCUT2D eigenvalue weighted by molar-refractivity contribution is -0.0686. The highest BCUT2D eigenvalue weighted by atomic mass is 19.1. The molecule has 0 radical (unpaired) electrons. The number of hydrogen-bond acceptors (Lipinski definition) is 2. The van der Waals surface area contributed by atoms with Gasteiger partial charge in [0.1, 0.15) is 5.67 Å². The Morgan fingerprint density at radius 2 is 2.36 bits per heavy atom. The second-order valence-electron chi connectivity index (χ2n) is 4.70. The van der Waals surface area contributed by atoms with E-state index in [2.05, 4.69) is 5.32 Å². The lowest BCUT2D eigenvalue weighted by Gasteiger charge is -2.43. The Labute approximate surface area is 85.2 Å². The van der Waals surface area contributed by atoms with Crippen molar-refractivity contribution in [2.75, 3.05) is 26.3 Å². The zero-order valence-corrected chi connectivity index (χ0v) is 8.89. The van der Waals surface area contributed by atoms with Gasteiger partial charge in [0.15, 0.2) is 0 Å². The molecule has 0 aliphatic carbocycles. The Kier molecular flexibility index (Phi) is 3.07. The first-order valence-electron chi connectivity index (χ1n) is 5.71. The molecule has 0 amide bonds. The topological polar surface area (TPSA) is 21.3 Å². The molecule has 3 atom stereocenters. The molecule has 2 aliphatic heterocycles. The highest BCUT2D eigenvalue weighted by Crippen LogP contribution is 2.39. The number of hydrogen-bond donors (Lipinski definition) is 1. The van der Waals surface area contributed by atoms with Crippen LogP contribution in [0.4, 0.5) is 4.39 Å². The highest BCUT2D eigenvalue weighted by molar-refractivity contribution is 4.96. The van der Waals surface area contributed by atoms with Crippen LogP contribution >= 0.6 is 0 Å². The zero-order chi connectivity index (χ0) is 10.0. The van der Waals surface area contributed by atoms with Gasteiger partial charge in [-0.2, -0.15) is 0 Å². The predicted octanol–water partition coefficient (Wildman–Crippen LogP) is 1.75. The summed E-state index contributed by atoms with van der Waals surface area (Å²) in [6, 6.07) is 0. The minimum Gasteiger partial charge on any atom is -0.381 e. The summed E-state index contributed by atoms with van der Waals surface area (Å²) < 4.78 is 20.1. The summed E-state index contributed by atoms with van der Waals surface area (Å²) in [5.41, 5.74) is -0.980. The fraction of sp³-hybridized carbons (Fsp3) is 1.00. The van der Waals surface area contributed by atoms with E-state index in [4.69, 9.17) is 4.74 Å². The Morgan fingerprint density at radius 3 is 3.00 bits per heavy atom. The molecule has 0 bridgehead atoms. The molecule has 0 aromatic heterocycles. The number of nitrogens with one attached hydrogen (secondary N) is 1. The van der Waals surface area contributed by atoms with Gasteiger partial charge in [0.05, 0.1) is 6.61 Å². The quantitative estimate of drug-likeness (QED) is 0.698. The van der Waals surface area contributed by atoms with Crippen LogP contribution in [0.25, 0.3) is 0 Å². The van der Waals surface area contributed by atoms with Crippen molar-refractivity contribution in [1.82, 2.24) is 5.32 Å². The van der Waals surface area contributed by atoms with E-state index in [0.29, 0.717) is 13.0 Å². The van der Waals surface area contributed by atoms with E-state index in [1.807, 2.05) is 6.92 Å². The number of halogens is 1. The van der Waals surface area contributed by atoms with Gasteiger partial charge in [0.25, 0.3) is 0 Å². The van der Waals surface area contributed by atoms with Gasteiger partial charge in [-0.05, 0) is 25.8 Å². The predicted molar refractivity (Wildman–Crippen MR) is 54.0 cm³/mol. The van der Waals surface area contributed by atoms with Gasteiger partial charge in [-0.15, -0.1) is 0 Å². The highest BCUT2D eigenvalue weighted by Gasteiger charge is 2.45. The SMILES string of the molecule is CC1CNCCC1(F)C1CCCOC1. The van der Waals surface area contributed by atoms with Gasteiger partial charge in [-0.3, -0.25) is 0 Å². The van der Waals surface area contributed by atoms with Crippen LogP contribution in [0.1, 0.15) is 26.2 Å². The number of rotatable bonds is 1. The minimum atomic E-state index is -0.980. The number of piperidine rings is 1. The maximum absolute atomic E-state index is 14.7. The molecule has 3 unspecified atom stereocenters. The van der Waals surface area contributed by atoms with Crippen molar-refractivity contribution in [2.45, 2.75) is 31.9 Å². The number of alkyl halides is 1. The van der Waals surface area contributed by atoms with E-state index in [1.165, 1.54) is 0 Å². The van der Waals surface area contributed by atoms with Crippen molar-refractivity contribution in [2.24, 2.45) is 11.8 Å². The van der Waals surface area contributed by atoms with Crippen molar-refractivity contribution in [3.05, 3.63) is 0 Å². The molecular formula is C11H20FNO. The summed E-state index contributed by atoms with van der Waals surface area (Å²) in [4.78, 5) is 0. The first-order chi connectivity index (χ1) is 6.73. The first-order valence-corrected chi connectivity index (χ1v) is 5.71. The van der Waals surface area contributed by atoms with E-state index in [-0.39, 0.29) is 11.8 Å². The molecule has 14 heavy (non-hydrogen) atoms. The molecule has 2 aliphatic rings. The smallest absolute Gasteiger partial charge is 0.121 e. The van der Waals surface area contributed by atoms with Gasteiger partial charge < -0.3 is 10.1 Å². The molecule has 1 N–H and O–H groups in total. The van der Waals surface area contributed by atoms with Crippen molar-refractivity contribution in [1.29, 1.82) is 0 Å². The second-order valence-corrected chi connectivity index (χ2v) is 4.70. The van der Waals surface area contributed by atoms with E-state index in [0.717, 1.165) is 32.5 Å². The monoisotopic (exact) mass is 201 g/mol. The molecule has 0 aromatic carbocycles. The standard InChI is InChI=1S/C11H20FNO/c1-9-7-13-5-4-11(9,12)10-3-2-6-14-8-10/h9-10,13H,2-8H2,1H3. The summed E-state index contributed by atoms with van der Waals surface area (Å²) in [5.74, 6) is 0.260. The van der Waals surface area contributed by atoms with E-state index in [1.54, 1.807) is 0 Å². The van der Waals surface area contributed by atoms with Crippen LogP contribution < -0.4 is 5.32 Å². The Hall–Kier alpha value is -0.150. The fourth-order valence-electron chi connectivity index (χ4n) is 2.74. The minimum absolute atomic E-state index is 0.128. The van der Waals surface area contributed by atoms with Crippen LogP contribution in [0.2, 0.25) is 0 Å². The molecule has 2 nitrogen and oxygen atoms in total. The summed E-state index contributed by atoms with van der Waals surface area (Å²) in [5, 5.41) is 3.25. The van der Waals surface area contributed by atoms with Crippen molar-refractivity contribution in [3.8, 4) is 0 Å². The molecule has 0 spiro atoms. The molecule has 82 valence electrons. The first kappa shape index (κ1) is 10.4. The van der Waals surface area contributed by atoms with Gasteiger partial charge in [-0.1, -0.05) is 6.92 Å². The average Bonchev–Trinajstić information content (AvgIpc) is 2.24. The molecule has 2 heterocycles. The zero-order valence-electron chi connectivity index (χ0n) is 8.89. The van der Waals surface area contributed by atoms with Crippen LogP contribution in [0.15, 0.2) is 0 Å². The van der Waals surface area contributed by atoms with Gasteiger partial charge in [0.2, 0.25) is 0 Å². The third kappa shape index (κ3) is 1.80. The third-order valence-electron chi connectivity index (χ3n) is 3.79. The van der Waals surface area contributed by atoms with E-state index < -0.39 is 5.67 Å². The summed E-state index contributed by atoms with van der Waals surface area (Å²) in [6.07, 6.45) is 2.68. The van der Waals surface area contributed by atoms with E-state index >= 15 is 0 Å². The lowest BCUT2D eigenvalue weighted by Crippen LogP contribution is -2.52. The van der Waals surface area contributed by atoms with Crippen LogP contribution in [0.3, 0.4) is 0 Å². The summed E-state index contributed by atoms with van der Waals surface area (Å²) in [7, 11) is 0. The van der Waals surface area contributed by atoms with Crippen LogP contribution in [0.5, 0.6) is 0 Å². The second kappa shape index (κ2) is 4.15. The molecule has 0 aromatic rings. The largest absolute Gasteiger partial charge is 0.381 e. The molecule has 2 saturated heterocycles. The molecule has 0 saturated carbocycles. The maximum Gasteiger partial charge on any atom is 0.121 e. The lowest BCUT2D eigenvalue weighted by atomic mass is 9.73. The Bertz CT molecular complexity index is 194. The van der Waals surface area contributed by atoms with Crippen LogP contribution in [-0.2, 0) is 4.74 Å². The molecule has 3 heteroatoms.